The van der Waals surface area contributed by atoms with Crippen LogP contribution in [0.3, 0.4) is 0 Å². The second kappa shape index (κ2) is 7.67. The minimum Gasteiger partial charge on any atom is -0.464 e. The number of amides is 1. The average molecular weight is 418 g/mol. The quantitative estimate of drug-likeness (QED) is 0.511. The summed E-state index contributed by atoms with van der Waals surface area (Å²) in [4.78, 5) is 24.4. The third-order valence-corrected chi connectivity index (χ3v) is 4.84. The Morgan fingerprint density at radius 2 is 1.93 bits per heavy atom. The van der Waals surface area contributed by atoms with Crippen molar-refractivity contribution in [3.05, 3.63) is 70.3 Å². The molecule has 2 aromatic carbocycles. The molecule has 0 aliphatic heterocycles. The lowest BCUT2D eigenvalue weighted by Gasteiger charge is -2.14. The fourth-order valence-corrected chi connectivity index (χ4v) is 3.58. The van der Waals surface area contributed by atoms with Gasteiger partial charge in [-0.1, -0.05) is 48.0 Å². The molecule has 0 aliphatic carbocycles. The molecule has 3 aromatic rings. The molecular formula is C20H17Cl2N3O3. The Morgan fingerprint density at radius 1 is 1.25 bits per heavy atom. The Morgan fingerprint density at radius 3 is 2.57 bits per heavy atom. The van der Waals surface area contributed by atoms with Gasteiger partial charge in [-0.2, -0.15) is 0 Å². The minimum atomic E-state index is -1.23. The molecule has 0 fully saturated rings. The van der Waals surface area contributed by atoms with Gasteiger partial charge in [0.2, 0.25) is 0 Å². The zero-order valence-corrected chi connectivity index (χ0v) is 16.4. The lowest BCUT2D eigenvalue weighted by atomic mass is 10.0. The summed E-state index contributed by atoms with van der Waals surface area (Å²) in [6.45, 7) is 5.65. The first kappa shape index (κ1) is 19.9. The van der Waals surface area contributed by atoms with Crippen LogP contribution in [-0.4, -0.2) is 21.7 Å². The molecule has 0 saturated heterocycles. The summed E-state index contributed by atoms with van der Waals surface area (Å²) in [5.74, 6) is -0.497. The van der Waals surface area contributed by atoms with Crippen molar-refractivity contribution in [1.29, 1.82) is 0 Å². The number of anilines is 1. The topological polar surface area (TPSA) is 97.4 Å². The van der Waals surface area contributed by atoms with Crippen molar-refractivity contribution >= 4 is 57.4 Å². The molecule has 1 aromatic heterocycles. The number of nitrogens with zero attached hydrogens (tertiary/aromatic N) is 1. The van der Waals surface area contributed by atoms with Crippen LogP contribution in [0.25, 0.3) is 16.5 Å². The van der Waals surface area contributed by atoms with Crippen molar-refractivity contribution in [2.75, 3.05) is 5.32 Å². The molecule has 1 heterocycles. The monoisotopic (exact) mass is 417 g/mol. The number of fused-ring (bicyclic) bond motifs is 1. The van der Waals surface area contributed by atoms with Crippen LogP contribution in [0.5, 0.6) is 0 Å². The second-order valence-corrected chi connectivity index (χ2v) is 7.13. The van der Waals surface area contributed by atoms with Gasteiger partial charge >= 0.3 is 6.09 Å². The van der Waals surface area contributed by atoms with Crippen LogP contribution in [-0.2, 0) is 4.79 Å². The summed E-state index contributed by atoms with van der Waals surface area (Å²) in [6, 6.07) is 9.83. The molecule has 3 rings (SSSR count). The maximum atomic E-state index is 12.8. The van der Waals surface area contributed by atoms with Crippen LogP contribution in [0.2, 0.25) is 10.0 Å². The number of aromatic nitrogens is 1. The van der Waals surface area contributed by atoms with Gasteiger partial charge < -0.3 is 16.2 Å². The van der Waals surface area contributed by atoms with Crippen LogP contribution >= 0.6 is 23.2 Å². The van der Waals surface area contributed by atoms with Crippen LogP contribution < -0.4 is 11.1 Å². The molecular weight excluding hydrogens is 401 g/mol. The van der Waals surface area contributed by atoms with Crippen molar-refractivity contribution < 1.29 is 14.7 Å². The minimum absolute atomic E-state index is 0.0636. The molecule has 1 atom stereocenters. The molecule has 0 radical (unpaired) electrons. The van der Waals surface area contributed by atoms with E-state index in [0.29, 0.717) is 16.6 Å². The summed E-state index contributed by atoms with van der Waals surface area (Å²) >= 11 is 12.3. The van der Waals surface area contributed by atoms with Gasteiger partial charge in [0.15, 0.2) is 0 Å². The standard InChI is InChI=1S/C20H17Cl2N3O3/c1-10(19(26)24-16-6-4-3-5-13(16)11(2)23)14-9-25(20(27)28)17-8-12(21)7-15(22)18(14)17/h3-9,11H,1,23H2,2H3,(H,24,26)(H,27,28). The van der Waals surface area contributed by atoms with Gasteiger partial charge in [0.05, 0.1) is 10.5 Å². The SMILES string of the molecule is C=C(C(=O)Nc1ccccc1C(C)N)c1cn(C(=O)O)c2cc(Cl)cc(Cl)c12. The van der Waals surface area contributed by atoms with Gasteiger partial charge in [-0.15, -0.1) is 0 Å². The van der Waals surface area contributed by atoms with E-state index in [1.807, 2.05) is 19.1 Å². The molecule has 6 nitrogen and oxygen atoms in total. The number of nitrogens with one attached hydrogen (secondary N) is 1. The first-order chi connectivity index (χ1) is 13.2. The number of carbonyl (C=O) groups excluding carboxylic acids is 1. The van der Waals surface area contributed by atoms with Crippen molar-refractivity contribution in [2.45, 2.75) is 13.0 Å². The first-order valence-corrected chi connectivity index (χ1v) is 9.04. The van der Waals surface area contributed by atoms with Gasteiger partial charge in [-0.3, -0.25) is 9.36 Å². The number of halogens is 2. The van der Waals surface area contributed by atoms with E-state index in [4.69, 9.17) is 28.9 Å². The maximum absolute atomic E-state index is 12.8. The molecule has 8 heteroatoms. The highest BCUT2D eigenvalue weighted by molar-refractivity contribution is 6.40. The lowest BCUT2D eigenvalue weighted by molar-refractivity contribution is -0.111. The molecule has 0 aliphatic rings. The summed E-state index contributed by atoms with van der Waals surface area (Å²) in [7, 11) is 0. The van der Waals surface area contributed by atoms with Crippen LogP contribution in [0.4, 0.5) is 10.5 Å². The van der Waals surface area contributed by atoms with E-state index >= 15 is 0 Å². The first-order valence-electron chi connectivity index (χ1n) is 8.29. The van der Waals surface area contributed by atoms with Crippen molar-refractivity contribution in [2.24, 2.45) is 5.73 Å². The molecule has 4 N–H and O–H groups in total. The van der Waals surface area contributed by atoms with Gasteiger partial charge in [0, 0.05) is 39.5 Å². The molecule has 1 unspecified atom stereocenters. The van der Waals surface area contributed by atoms with Crippen LogP contribution in [0.15, 0.2) is 49.2 Å². The fourth-order valence-electron chi connectivity index (χ4n) is 2.99. The fraction of sp³-hybridized carbons (Fsp3) is 0.100. The van der Waals surface area contributed by atoms with Crippen LogP contribution in [0, 0.1) is 0 Å². The highest BCUT2D eigenvalue weighted by Crippen LogP contribution is 2.35. The van der Waals surface area contributed by atoms with E-state index in [-0.39, 0.29) is 27.2 Å². The Balaban J connectivity index is 2.05. The third kappa shape index (κ3) is 3.62. The molecule has 0 bridgehead atoms. The number of nitrogens with two attached hydrogens (primary N) is 1. The maximum Gasteiger partial charge on any atom is 0.416 e. The van der Waals surface area contributed by atoms with Gasteiger partial charge in [0.1, 0.15) is 0 Å². The molecule has 144 valence electrons. The van der Waals surface area contributed by atoms with Crippen molar-refractivity contribution in [1.82, 2.24) is 4.57 Å². The van der Waals surface area contributed by atoms with Crippen molar-refractivity contribution in [3.8, 4) is 0 Å². The Kier molecular flexibility index (Phi) is 5.47. The largest absolute Gasteiger partial charge is 0.464 e. The smallest absolute Gasteiger partial charge is 0.416 e. The van der Waals surface area contributed by atoms with E-state index in [0.717, 1.165) is 10.1 Å². The highest BCUT2D eigenvalue weighted by Gasteiger charge is 2.22. The Hall–Kier alpha value is -2.80. The predicted molar refractivity (Wildman–Crippen MR) is 112 cm³/mol. The number of hydrogen-bond acceptors (Lipinski definition) is 3. The molecule has 0 saturated carbocycles. The normalized spacial score (nSPS) is 12.0. The summed E-state index contributed by atoms with van der Waals surface area (Å²) in [5.41, 5.74) is 7.90. The van der Waals surface area contributed by atoms with Gasteiger partial charge in [0.25, 0.3) is 5.91 Å². The van der Waals surface area contributed by atoms with E-state index in [9.17, 15) is 14.7 Å². The summed E-state index contributed by atoms with van der Waals surface area (Å²) in [5, 5.41) is 13.1. The van der Waals surface area contributed by atoms with Gasteiger partial charge in [-0.05, 0) is 30.7 Å². The zero-order valence-electron chi connectivity index (χ0n) is 14.9. The molecule has 28 heavy (non-hydrogen) atoms. The zero-order chi connectivity index (χ0) is 20.6. The lowest BCUT2D eigenvalue weighted by Crippen LogP contribution is -2.16. The summed E-state index contributed by atoms with van der Waals surface area (Å²) < 4.78 is 0.955. The Bertz CT molecular complexity index is 1120. The number of rotatable bonds is 4. The van der Waals surface area contributed by atoms with Crippen LogP contribution in [0.1, 0.15) is 24.1 Å². The van der Waals surface area contributed by atoms with E-state index in [2.05, 4.69) is 11.9 Å². The summed E-state index contributed by atoms with van der Waals surface area (Å²) in [6.07, 6.45) is 0.0688. The van der Waals surface area contributed by atoms with Gasteiger partial charge in [-0.25, -0.2) is 4.79 Å². The van der Waals surface area contributed by atoms with Crippen molar-refractivity contribution in [3.63, 3.8) is 0 Å². The second-order valence-electron chi connectivity index (χ2n) is 6.29. The highest BCUT2D eigenvalue weighted by atomic mass is 35.5. The Labute approximate surface area is 171 Å². The predicted octanol–water partition coefficient (Wildman–Crippen LogP) is 5.15. The van der Waals surface area contributed by atoms with E-state index in [1.54, 1.807) is 12.1 Å². The molecule has 0 spiro atoms. The third-order valence-electron chi connectivity index (χ3n) is 4.33. The van der Waals surface area contributed by atoms with E-state index in [1.165, 1.54) is 18.3 Å². The number of carboxylic acid groups (broad SMARTS) is 1. The molecule has 1 amide bonds. The van der Waals surface area contributed by atoms with E-state index < -0.39 is 12.0 Å². The number of hydrogen-bond donors (Lipinski definition) is 3. The number of benzene rings is 2. The number of carbonyl (C=O) groups is 2. The average Bonchev–Trinajstić information content (AvgIpc) is 3.01. The number of para-hydroxylation sites is 1.